The van der Waals surface area contributed by atoms with E-state index in [9.17, 15) is 0 Å². The molecule has 0 saturated heterocycles. The summed E-state index contributed by atoms with van der Waals surface area (Å²) in [4.78, 5) is 0. The lowest BCUT2D eigenvalue weighted by molar-refractivity contribution is -0.659. The average Bonchev–Trinajstić information content (AvgIpc) is 3.24. The Balaban J connectivity index is 1.56. The number of ether oxygens (including phenoxy) is 1. The van der Waals surface area contributed by atoms with Crippen LogP contribution in [0.3, 0.4) is 0 Å². The Morgan fingerprint density at radius 2 is 1.84 bits per heavy atom. The number of hydrogen-bond acceptors (Lipinski definition) is 1. The summed E-state index contributed by atoms with van der Waals surface area (Å²) in [6.45, 7) is 2.28. The van der Waals surface area contributed by atoms with Crippen molar-refractivity contribution in [2.45, 2.75) is 57.8 Å². The number of aromatic nitrogens is 1. The zero-order chi connectivity index (χ0) is 20.7. The van der Waals surface area contributed by atoms with Gasteiger partial charge >= 0.3 is 0 Å². The highest BCUT2D eigenvalue weighted by atomic mass is 16.5. The van der Waals surface area contributed by atoms with Crippen LogP contribution in [0.25, 0.3) is 32.8 Å². The lowest BCUT2D eigenvalue weighted by atomic mass is 9.82. The zero-order valence-corrected chi connectivity index (χ0v) is 18.4. The second-order valence-electron chi connectivity index (χ2n) is 9.84. The van der Waals surface area contributed by atoms with Crippen LogP contribution in [0.4, 0.5) is 0 Å². The summed E-state index contributed by atoms with van der Waals surface area (Å²) in [5, 5.41) is 5.44. The van der Waals surface area contributed by atoms with Crippen LogP contribution in [0.2, 0.25) is 0 Å². The van der Waals surface area contributed by atoms with Gasteiger partial charge in [-0.1, -0.05) is 43.5 Å². The second kappa shape index (κ2) is 6.32. The van der Waals surface area contributed by atoms with E-state index < -0.39 is 0 Å². The fourth-order valence-corrected chi connectivity index (χ4v) is 6.59. The summed E-state index contributed by atoms with van der Waals surface area (Å²) in [5.74, 6) is 2.86. The van der Waals surface area contributed by atoms with Gasteiger partial charge in [-0.3, -0.25) is 0 Å². The topological polar surface area (TPSA) is 13.1 Å². The lowest BCUT2D eigenvalue weighted by Gasteiger charge is -2.27. The maximum Gasteiger partial charge on any atom is 0.228 e. The third kappa shape index (κ3) is 2.36. The van der Waals surface area contributed by atoms with Crippen molar-refractivity contribution in [2.24, 2.45) is 7.05 Å². The second-order valence-corrected chi connectivity index (χ2v) is 9.84. The van der Waals surface area contributed by atoms with Gasteiger partial charge in [-0.15, -0.1) is 0 Å². The molecule has 2 nitrogen and oxygen atoms in total. The number of pyridine rings is 1. The molecular formula is C29H28NO+. The molecule has 7 rings (SSSR count). The van der Waals surface area contributed by atoms with Gasteiger partial charge in [0, 0.05) is 11.6 Å². The largest absolute Gasteiger partial charge is 0.455 e. The lowest BCUT2D eigenvalue weighted by Crippen LogP contribution is -2.32. The number of fused-ring (bicyclic) bond motifs is 3. The van der Waals surface area contributed by atoms with Crippen LogP contribution >= 0.6 is 0 Å². The van der Waals surface area contributed by atoms with E-state index in [4.69, 9.17) is 4.74 Å². The summed E-state index contributed by atoms with van der Waals surface area (Å²) in [7, 11) is 2.18. The molecule has 1 saturated carbocycles. The first-order valence-corrected chi connectivity index (χ1v) is 11.9. The van der Waals surface area contributed by atoms with Gasteiger partial charge in [-0.25, -0.2) is 4.57 Å². The van der Waals surface area contributed by atoms with Gasteiger partial charge in [0.1, 0.15) is 18.5 Å². The highest BCUT2D eigenvalue weighted by Crippen LogP contribution is 2.53. The van der Waals surface area contributed by atoms with E-state index in [1.165, 1.54) is 87.2 Å². The van der Waals surface area contributed by atoms with Gasteiger partial charge in [-0.05, 0) is 77.4 Å². The molecular weight excluding hydrogens is 378 g/mol. The SMILES string of the molecule is Cc1c2c(c3c4c(cccc14)CC3)Oc1cc(C3CCCCC3)cc3cc[n+](C)c-2c13. The summed E-state index contributed by atoms with van der Waals surface area (Å²) in [6.07, 6.45) is 11.2. The fourth-order valence-electron chi connectivity index (χ4n) is 6.59. The van der Waals surface area contributed by atoms with E-state index in [0.717, 1.165) is 24.3 Å². The van der Waals surface area contributed by atoms with Crippen molar-refractivity contribution in [3.05, 3.63) is 64.8 Å². The van der Waals surface area contributed by atoms with Crippen LogP contribution in [-0.2, 0) is 19.9 Å². The summed E-state index contributed by atoms with van der Waals surface area (Å²) >= 11 is 0. The van der Waals surface area contributed by atoms with Crippen LogP contribution in [0.15, 0.2) is 42.6 Å². The Kier molecular flexibility index (Phi) is 3.62. The van der Waals surface area contributed by atoms with Crippen molar-refractivity contribution in [1.29, 1.82) is 0 Å². The van der Waals surface area contributed by atoms with Crippen LogP contribution in [-0.4, -0.2) is 0 Å². The molecule has 3 aromatic carbocycles. The average molecular weight is 407 g/mol. The number of benzene rings is 3. The monoisotopic (exact) mass is 406 g/mol. The van der Waals surface area contributed by atoms with Crippen LogP contribution < -0.4 is 9.30 Å². The molecule has 0 spiro atoms. The molecule has 154 valence electrons. The van der Waals surface area contributed by atoms with Crippen molar-refractivity contribution >= 4 is 21.5 Å². The van der Waals surface area contributed by atoms with Crippen molar-refractivity contribution in [1.82, 2.24) is 0 Å². The number of rotatable bonds is 1. The van der Waals surface area contributed by atoms with Crippen LogP contribution in [0, 0.1) is 6.92 Å². The zero-order valence-electron chi connectivity index (χ0n) is 18.4. The van der Waals surface area contributed by atoms with Gasteiger partial charge in [0.2, 0.25) is 5.69 Å². The molecule has 0 atom stereocenters. The Hall–Kier alpha value is -2.87. The van der Waals surface area contributed by atoms with Crippen molar-refractivity contribution < 1.29 is 9.30 Å². The Bertz CT molecular complexity index is 1410. The molecule has 2 aliphatic carbocycles. The minimum Gasteiger partial charge on any atom is -0.455 e. The standard InChI is InChI=1S/C29H28NO/c1-17-22-10-6-9-19-11-12-23(26(19)22)29-25(17)28-27-20(13-14-30(28)2)15-21(16-24(27)31-29)18-7-4-3-5-8-18/h6,9-10,13-16,18H,3-5,7-8,11-12H2,1-2H3/q+1. The van der Waals surface area contributed by atoms with Crippen LogP contribution in [0.1, 0.15) is 60.3 Å². The van der Waals surface area contributed by atoms with Gasteiger partial charge in [0.15, 0.2) is 6.20 Å². The molecule has 0 bridgehead atoms. The molecule has 1 fully saturated rings. The molecule has 0 radical (unpaired) electrons. The summed E-state index contributed by atoms with van der Waals surface area (Å²) in [6, 6.07) is 13.9. The number of aryl methyl sites for hydroxylation is 4. The molecule has 0 N–H and O–H groups in total. The minimum absolute atomic E-state index is 0.678. The van der Waals surface area contributed by atoms with E-state index in [1.54, 1.807) is 0 Å². The number of hydrogen-bond donors (Lipinski definition) is 0. The molecule has 2 heteroatoms. The van der Waals surface area contributed by atoms with Crippen molar-refractivity contribution in [3.63, 3.8) is 0 Å². The van der Waals surface area contributed by atoms with E-state index in [0.29, 0.717) is 5.92 Å². The van der Waals surface area contributed by atoms with E-state index in [1.807, 2.05) is 0 Å². The molecule has 1 aromatic heterocycles. The highest BCUT2D eigenvalue weighted by molar-refractivity contribution is 6.07. The van der Waals surface area contributed by atoms with Gasteiger partial charge in [-0.2, -0.15) is 0 Å². The van der Waals surface area contributed by atoms with Gasteiger partial charge < -0.3 is 4.74 Å². The molecule has 0 amide bonds. The maximum absolute atomic E-state index is 6.87. The molecule has 2 heterocycles. The fraction of sp³-hybridized carbons (Fsp3) is 0.345. The highest BCUT2D eigenvalue weighted by Gasteiger charge is 2.35. The van der Waals surface area contributed by atoms with E-state index in [-0.39, 0.29) is 0 Å². The van der Waals surface area contributed by atoms with E-state index in [2.05, 4.69) is 61.1 Å². The summed E-state index contributed by atoms with van der Waals surface area (Å²) in [5.41, 5.74) is 8.33. The smallest absolute Gasteiger partial charge is 0.228 e. The van der Waals surface area contributed by atoms with Crippen molar-refractivity contribution in [2.75, 3.05) is 0 Å². The maximum atomic E-state index is 6.87. The molecule has 1 aliphatic heterocycles. The quantitative estimate of drug-likeness (QED) is 0.272. The third-order valence-electron chi connectivity index (χ3n) is 8.12. The predicted octanol–water partition coefficient (Wildman–Crippen LogP) is 7.04. The van der Waals surface area contributed by atoms with Gasteiger partial charge in [0.05, 0.1) is 10.9 Å². The Morgan fingerprint density at radius 3 is 2.71 bits per heavy atom. The van der Waals surface area contributed by atoms with Crippen molar-refractivity contribution in [3.8, 4) is 22.8 Å². The Morgan fingerprint density at radius 1 is 0.968 bits per heavy atom. The Labute approximate surface area is 183 Å². The third-order valence-corrected chi connectivity index (χ3v) is 8.12. The molecule has 31 heavy (non-hydrogen) atoms. The number of nitrogens with zero attached hydrogens (tertiary/aromatic N) is 1. The molecule has 3 aliphatic rings. The first kappa shape index (κ1) is 17.8. The van der Waals surface area contributed by atoms with Crippen LogP contribution in [0.5, 0.6) is 11.5 Å². The first-order chi connectivity index (χ1) is 15.2. The molecule has 4 aromatic rings. The summed E-state index contributed by atoms with van der Waals surface area (Å²) < 4.78 is 9.17. The predicted molar refractivity (Wildman–Crippen MR) is 126 cm³/mol. The normalized spacial score (nSPS) is 17.2. The first-order valence-electron chi connectivity index (χ1n) is 11.9. The minimum atomic E-state index is 0.678. The van der Waals surface area contributed by atoms with Gasteiger partial charge in [0.25, 0.3) is 0 Å². The molecule has 0 unspecified atom stereocenters. The van der Waals surface area contributed by atoms with E-state index >= 15 is 0 Å².